The van der Waals surface area contributed by atoms with Crippen molar-refractivity contribution >= 4 is 17.7 Å². The zero-order chi connectivity index (χ0) is 15.3. The van der Waals surface area contributed by atoms with Crippen LogP contribution in [-0.4, -0.2) is 31.7 Å². The molecular formula is C16H22N2O3. The Bertz CT molecular complexity index is 496. The average Bonchev–Trinajstić information content (AvgIpc) is 2.55. The number of methoxy groups -OCH3 is 1. The van der Waals surface area contributed by atoms with E-state index in [2.05, 4.69) is 5.32 Å². The summed E-state index contributed by atoms with van der Waals surface area (Å²) in [7, 11) is 3.06. The fourth-order valence-electron chi connectivity index (χ4n) is 2.79. The van der Waals surface area contributed by atoms with Crippen molar-refractivity contribution in [3.8, 4) is 0 Å². The fourth-order valence-corrected chi connectivity index (χ4v) is 2.79. The molecule has 1 aromatic rings. The molecule has 1 fully saturated rings. The maximum absolute atomic E-state index is 12.4. The molecule has 1 aliphatic carbocycles. The van der Waals surface area contributed by atoms with E-state index in [9.17, 15) is 9.59 Å². The minimum absolute atomic E-state index is 0.284. The number of urea groups is 1. The number of para-hydroxylation sites is 1. The Morgan fingerprint density at radius 2 is 1.76 bits per heavy atom. The smallest absolute Gasteiger partial charge is 0.331 e. The second kappa shape index (κ2) is 6.61. The van der Waals surface area contributed by atoms with Gasteiger partial charge in [0.2, 0.25) is 0 Å². The van der Waals surface area contributed by atoms with Crippen molar-refractivity contribution in [3.05, 3.63) is 30.3 Å². The minimum Gasteiger partial charge on any atom is -0.467 e. The van der Waals surface area contributed by atoms with Crippen LogP contribution in [0.4, 0.5) is 10.5 Å². The maximum atomic E-state index is 12.4. The third-order valence-corrected chi connectivity index (χ3v) is 4.08. The normalized spacial score (nSPS) is 16.9. The zero-order valence-electron chi connectivity index (χ0n) is 12.6. The van der Waals surface area contributed by atoms with Gasteiger partial charge in [0.25, 0.3) is 0 Å². The number of hydrogen-bond acceptors (Lipinski definition) is 3. The molecule has 1 N–H and O–H groups in total. The van der Waals surface area contributed by atoms with Gasteiger partial charge in [-0.05, 0) is 25.0 Å². The van der Waals surface area contributed by atoms with Gasteiger partial charge in [0.15, 0.2) is 0 Å². The van der Waals surface area contributed by atoms with Crippen molar-refractivity contribution in [2.45, 2.75) is 37.6 Å². The van der Waals surface area contributed by atoms with Gasteiger partial charge in [0.05, 0.1) is 7.11 Å². The first kappa shape index (κ1) is 15.4. The fraction of sp³-hybridized carbons (Fsp3) is 0.500. The third kappa shape index (κ3) is 3.35. The Balaban J connectivity index is 2.13. The lowest BCUT2D eigenvalue weighted by Crippen LogP contribution is -2.58. The molecule has 5 nitrogen and oxygen atoms in total. The topological polar surface area (TPSA) is 58.6 Å². The van der Waals surface area contributed by atoms with Crippen LogP contribution in [-0.2, 0) is 9.53 Å². The van der Waals surface area contributed by atoms with Gasteiger partial charge in [-0.2, -0.15) is 0 Å². The zero-order valence-corrected chi connectivity index (χ0v) is 12.6. The quantitative estimate of drug-likeness (QED) is 0.871. The van der Waals surface area contributed by atoms with Crippen LogP contribution in [0.5, 0.6) is 0 Å². The van der Waals surface area contributed by atoms with E-state index >= 15 is 0 Å². The first-order chi connectivity index (χ1) is 10.1. The number of esters is 1. The first-order valence-electron chi connectivity index (χ1n) is 7.28. The summed E-state index contributed by atoms with van der Waals surface area (Å²) < 4.78 is 4.91. The standard InChI is InChI=1S/C16H22N2O3/c1-18(13-9-5-3-6-10-13)15(20)17-16(14(19)21-2)11-7-4-8-12-16/h3,5-6,9-10H,4,7-8,11-12H2,1-2H3,(H,17,20). The molecule has 114 valence electrons. The van der Waals surface area contributed by atoms with Crippen molar-refractivity contribution in [1.29, 1.82) is 0 Å². The largest absolute Gasteiger partial charge is 0.467 e. The van der Waals surface area contributed by atoms with E-state index in [1.807, 2.05) is 30.3 Å². The first-order valence-corrected chi connectivity index (χ1v) is 7.28. The number of amides is 2. The number of hydrogen-bond donors (Lipinski definition) is 1. The van der Waals surface area contributed by atoms with Crippen LogP contribution in [0, 0.1) is 0 Å². The number of rotatable bonds is 3. The van der Waals surface area contributed by atoms with Crippen molar-refractivity contribution in [3.63, 3.8) is 0 Å². The monoisotopic (exact) mass is 290 g/mol. The van der Waals surface area contributed by atoms with Crippen LogP contribution in [0.2, 0.25) is 0 Å². The second-order valence-electron chi connectivity index (χ2n) is 5.46. The second-order valence-corrected chi connectivity index (χ2v) is 5.46. The molecule has 1 aliphatic rings. The van der Waals surface area contributed by atoms with E-state index < -0.39 is 5.54 Å². The summed E-state index contributed by atoms with van der Waals surface area (Å²) >= 11 is 0. The van der Waals surface area contributed by atoms with E-state index in [-0.39, 0.29) is 12.0 Å². The third-order valence-electron chi connectivity index (χ3n) is 4.08. The molecule has 21 heavy (non-hydrogen) atoms. The van der Waals surface area contributed by atoms with Crippen LogP contribution in [0.25, 0.3) is 0 Å². The van der Waals surface area contributed by atoms with E-state index in [1.165, 1.54) is 12.0 Å². The van der Waals surface area contributed by atoms with Crippen LogP contribution in [0.3, 0.4) is 0 Å². The molecule has 1 aromatic carbocycles. The highest BCUT2D eigenvalue weighted by Gasteiger charge is 2.42. The average molecular weight is 290 g/mol. The van der Waals surface area contributed by atoms with Gasteiger partial charge in [-0.3, -0.25) is 4.90 Å². The summed E-state index contributed by atoms with van der Waals surface area (Å²) in [5.74, 6) is -0.350. The summed E-state index contributed by atoms with van der Waals surface area (Å²) in [5.41, 5.74) is -0.0987. The van der Waals surface area contributed by atoms with E-state index in [0.717, 1.165) is 24.9 Å². The molecule has 0 atom stereocenters. The van der Waals surface area contributed by atoms with Gasteiger partial charge in [0, 0.05) is 12.7 Å². The van der Waals surface area contributed by atoms with Crippen molar-refractivity contribution in [2.24, 2.45) is 0 Å². The van der Waals surface area contributed by atoms with Crippen LogP contribution in [0.15, 0.2) is 30.3 Å². The highest BCUT2D eigenvalue weighted by molar-refractivity contribution is 5.95. The number of carbonyl (C=O) groups is 2. The number of ether oxygens (including phenoxy) is 1. The summed E-state index contributed by atoms with van der Waals surface area (Å²) in [6.45, 7) is 0. The van der Waals surface area contributed by atoms with E-state index in [1.54, 1.807) is 7.05 Å². The van der Waals surface area contributed by atoms with Crippen molar-refractivity contribution in [1.82, 2.24) is 5.32 Å². The number of benzene rings is 1. The molecular weight excluding hydrogens is 268 g/mol. The minimum atomic E-state index is -0.882. The molecule has 0 aliphatic heterocycles. The Labute approximate surface area is 125 Å². The number of carbonyl (C=O) groups excluding carboxylic acids is 2. The summed E-state index contributed by atoms with van der Waals surface area (Å²) in [4.78, 5) is 26.1. The Morgan fingerprint density at radius 1 is 1.14 bits per heavy atom. The Kier molecular flexibility index (Phi) is 4.83. The molecule has 5 heteroatoms. The van der Waals surface area contributed by atoms with Gasteiger partial charge in [-0.1, -0.05) is 37.5 Å². The van der Waals surface area contributed by atoms with Crippen molar-refractivity contribution in [2.75, 3.05) is 19.1 Å². The summed E-state index contributed by atoms with van der Waals surface area (Å²) in [5, 5.41) is 2.89. The van der Waals surface area contributed by atoms with Crippen molar-refractivity contribution < 1.29 is 14.3 Å². The molecule has 0 radical (unpaired) electrons. The molecule has 0 heterocycles. The van der Waals surface area contributed by atoms with E-state index in [4.69, 9.17) is 4.74 Å². The van der Waals surface area contributed by atoms with Crippen LogP contribution < -0.4 is 10.2 Å². The van der Waals surface area contributed by atoms with Gasteiger partial charge in [0.1, 0.15) is 5.54 Å². The number of nitrogens with one attached hydrogen (secondary N) is 1. The predicted molar refractivity (Wildman–Crippen MR) is 81.2 cm³/mol. The molecule has 2 amide bonds. The number of nitrogens with zero attached hydrogens (tertiary/aromatic N) is 1. The van der Waals surface area contributed by atoms with Crippen LogP contribution in [0.1, 0.15) is 32.1 Å². The maximum Gasteiger partial charge on any atom is 0.331 e. The molecule has 2 rings (SSSR count). The summed E-state index contributed by atoms with van der Waals surface area (Å²) in [6, 6.07) is 9.06. The van der Waals surface area contributed by atoms with Gasteiger partial charge >= 0.3 is 12.0 Å². The van der Waals surface area contributed by atoms with Crippen LogP contribution >= 0.6 is 0 Å². The van der Waals surface area contributed by atoms with Gasteiger partial charge < -0.3 is 10.1 Å². The highest BCUT2D eigenvalue weighted by Crippen LogP contribution is 2.29. The molecule has 0 saturated heterocycles. The lowest BCUT2D eigenvalue weighted by Gasteiger charge is -2.36. The Hall–Kier alpha value is -2.04. The lowest BCUT2D eigenvalue weighted by atomic mass is 9.81. The molecule has 0 unspecified atom stereocenters. The Morgan fingerprint density at radius 3 is 2.33 bits per heavy atom. The molecule has 0 bridgehead atoms. The molecule has 1 saturated carbocycles. The predicted octanol–water partition coefficient (Wildman–Crippen LogP) is 2.71. The highest BCUT2D eigenvalue weighted by atomic mass is 16.5. The lowest BCUT2D eigenvalue weighted by molar-refractivity contribution is -0.149. The SMILES string of the molecule is COC(=O)C1(NC(=O)N(C)c2ccccc2)CCCCC1. The summed E-state index contributed by atoms with van der Waals surface area (Å²) in [6.07, 6.45) is 4.19. The van der Waals surface area contributed by atoms with Gasteiger partial charge in [-0.15, -0.1) is 0 Å². The van der Waals surface area contributed by atoms with E-state index in [0.29, 0.717) is 12.8 Å². The number of anilines is 1. The van der Waals surface area contributed by atoms with Gasteiger partial charge in [-0.25, -0.2) is 9.59 Å². The molecule has 0 spiro atoms. The molecule has 0 aromatic heterocycles.